The quantitative estimate of drug-likeness (QED) is 0.185. The minimum Gasteiger partial charge on any atom is -0.458 e. The lowest BCUT2D eigenvalue weighted by molar-refractivity contribution is -0.131. The maximum Gasteiger partial charge on any atom is 0.338 e. The summed E-state index contributed by atoms with van der Waals surface area (Å²) >= 11 is 0. The first kappa shape index (κ1) is 29.4. The molecule has 0 radical (unpaired) electrons. The van der Waals surface area contributed by atoms with Crippen LogP contribution in [0.1, 0.15) is 123 Å². The minimum atomic E-state index is -0.370. The largest absolute Gasteiger partial charge is 0.458 e. The van der Waals surface area contributed by atoms with Gasteiger partial charge in [-0.2, -0.15) is 0 Å². The maximum absolute atomic E-state index is 12.9. The van der Waals surface area contributed by atoms with Crippen LogP contribution in [-0.2, 0) is 9.53 Å². The molecule has 4 aliphatic carbocycles. The molecule has 4 aliphatic rings. The van der Waals surface area contributed by atoms with Crippen molar-refractivity contribution < 1.29 is 19.1 Å². The zero-order valence-corrected chi connectivity index (χ0v) is 25.8. The molecule has 0 aliphatic heterocycles. The van der Waals surface area contributed by atoms with Gasteiger partial charge in [0.1, 0.15) is 11.9 Å². The smallest absolute Gasteiger partial charge is 0.338 e. The average Bonchev–Trinajstić information content (AvgIpc) is 3.26. The molecule has 1 aromatic rings. The molecule has 0 saturated heterocycles. The predicted octanol–water partition coefficient (Wildman–Crippen LogP) is 9.18. The lowest BCUT2D eigenvalue weighted by atomic mass is 9.47. The van der Waals surface area contributed by atoms with Gasteiger partial charge >= 0.3 is 11.9 Å². The molecular weight excluding hydrogens is 496 g/mol. The monoisotopic (exact) mass is 548 g/mol. The molecule has 0 bridgehead atoms. The number of benzene rings is 1. The number of hydrogen-bond acceptors (Lipinski definition) is 4. The Hall–Kier alpha value is -2.10. The van der Waals surface area contributed by atoms with Gasteiger partial charge in [0.2, 0.25) is 0 Å². The number of carbonyl (C=O) groups excluding carboxylic acids is 2. The first-order valence-corrected chi connectivity index (χ1v) is 16.2. The van der Waals surface area contributed by atoms with E-state index in [1.807, 2.05) is 0 Å². The summed E-state index contributed by atoms with van der Waals surface area (Å²) < 4.78 is 11.1. The van der Waals surface area contributed by atoms with Gasteiger partial charge in [0.25, 0.3) is 0 Å². The molecule has 0 spiro atoms. The summed E-state index contributed by atoms with van der Waals surface area (Å²) in [5.41, 5.74) is 2.81. The Kier molecular flexibility index (Phi) is 8.56. The summed E-state index contributed by atoms with van der Waals surface area (Å²) in [7, 11) is 0. The number of rotatable bonds is 8. The van der Waals surface area contributed by atoms with Crippen molar-refractivity contribution in [1.82, 2.24) is 0 Å². The van der Waals surface area contributed by atoms with E-state index in [4.69, 9.17) is 9.47 Å². The predicted molar refractivity (Wildman–Crippen MR) is 160 cm³/mol. The summed E-state index contributed by atoms with van der Waals surface area (Å²) in [6, 6.07) is 6.65. The van der Waals surface area contributed by atoms with Crippen LogP contribution in [0, 0.1) is 46.3 Å². The lowest BCUT2D eigenvalue weighted by Gasteiger charge is -2.58. The molecule has 0 N–H and O–H groups in total. The van der Waals surface area contributed by atoms with Crippen LogP contribution in [0.2, 0.25) is 0 Å². The summed E-state index contributed by atoms with van der Waals surface area (Å²) in [5.74, 6) is 4.79. The molecular formula is C36H52O4. The van der Waals surface area contributed by atoms with E-state index in [1.165, 1.54) is 58.3 Å². The molecule has 4 nitrogen and oxygen atoms in total. The molecule has 8 atom stereocenters. The fraction of sp³-hybridized carbons (Fsp3) is 0.722. The van der Waals surface area contributed by atoms with Crippen molar-refractivity contribution in [2.45, 2.75) is 118 Å². The summed E-state index contributed by atoms with van der Waals surface area (Å²) in [5, 5.41) is 0. The number of ether oxygens (including phenoxy) is 2. The van der Waals surface area contributed by atoms with E-state index in [9.17, 15) is 9.59 Å². The van der Waals surface area contributed by atoms with Crippen LogP contribution in [-0.4, -0.2) is 18.0 Å². The Bertz CT molecular complexity index is 1100. The van der Waals surface area contributed by atoms with Gasteiger partial charge in [-0.1, -0.05) is 65.5 Å². The van der Waals surface area contributed by atoms with Gasteiger partial charge in [-0.25, -0.2) is 4.79 Å². The van der Waals surface area contributed by atoms with Gasteiger partial charge in [0.15, 0.2) is 0 Å². The fourth-order valence-corrected chi connectivity index (χ4v) is 9.80. The Morgan fingerprint density at radius 2 is 1.70 bits per heavy atom. The fourth-order valence-electron chi connectivity index (χ4n) is 9.80. The van der Waals surface area contributed by atoms with Gasteiger partial charge in [0.05, 0.1) is 5.56 Å². The molecule has 0 aromatic heterocycles. The van der Waals surface area contributed by atoms with Crippen molar-refractivity contribution in [1.29, 1.82) is 0 Å². The third kappa shape index (κ3) is 5.66. The average molecular weight is 549 g/mol. The number of allylic oxidation sites excluding steroid dienone is 1. The minimum absolute atomic E-state index is 0.0621. The Labute approximate surface area is 242 Å². The highest BCUT2D eigenvalue weighted by Gasteiger charge is 2.59. The highest BCUT2D eigenvalue weighted by atomic mass is 16.5. The number of fused-ring (bicyclic) bond motifs is 5. The molecule has 1 unspecified atom stereocenters. The molecule has 0 heterocycles. The van der Waals surface area contributed by atoms with Crippen LogP contribution < -0.4 is 4.74 Å². The highest BCUT2D eigenvalue weighted by Crippen LogP contribution is 2.67. The zero-order valence-electron chi connectivity index (χ0n) is 25.8. The van der Waals surface area contributed by atoms with Crippen LogP contribution in [0.3, 0.4) is 0 Å². The van der Waals surface area contributed by atoms with E-state index < -0.39 is 0 Å². The van der Waals surface area contributed by atoms with Gasteiger partial charge in [-0.05, 0) is 116 Å². The number of esters is 2. The van der Waals surface area contributed by atoms with Gasteiger partial charge < -0.3 is 9.47 Å². The van der Waals surface area contributed by atoms with Crippen molar-refractivity contribution in [2.24, 2.45) is 46.3 Å². The van der Waals surface area contributed by atoms with E-state index in [2.05, 4.69) is 40.7 Å². The Morgan fingerprint density at radius 1 is 0.950 bits per heavy atom. The van der Waals surface area contributed by atoms with E-state index in [0.29, 0.717) is 16.7 Å². The zero-order chi connectivity index (χ0) is 28.7. The van der Waals surface area contributed by atoms with Crippen molar-refractivity contribution in [3.63, 3.8) is 0 Å². The summed E-state index contributed by atoms with van der Waals surface area (Å²) in [6.45, 7) is 13.8. The van der Waals surface area contributed by atoms with Gasteiger partial charge in [-0.15, -0.1) is 0 Å². The molecule has 220 valence electrons. The van der Waals surface area contributed by atoms with Crippen molar-refractivity contribution in [3.05, 3.63) is 41.5 Å². The van der Waals surface area contributed by atoms with Crippen molar-refractivity contribution in [2.75, 3.05) is 0 Å². The molecule has 3 fully saturated rings. The second-order valence-corrected chi connectivity index (χ2v) is 14.7. The molecule has 5 rings (SSSR count). The number of hydrogen-bond donors (Lipinski definition) is 0. The highest BCUT2D eigenvalue weighted by molar-refractivity contribution is 5.89. The van der Waals surface area contributed by atoms with E-state index in [0.717, 1.165) is 54.8 Å². The topological polar surface area (TPSA) is 52.6 Å². The lowest BCUT2D eigenvalue weighted by Crippen LogP contribution is -2.51. The number of carbonyl (C=O) groups is 2. The van der Waals surface area contributed by atoms with Crippen LogP contribution in [0.15, 0.2) is 35.9 Å². The molecule has 3 saturated carbocycles. The Morgan fingerprint density at radius 3 is 2.40 bits per heavy atom. The summed E-state index contributed by atoms with van der Waals surface area (Å²) in [4.78, 5) is 24.1. The first-order valence-electron chi connectivity index (χ1n) is 16.2. The van der Waals surface area contributed by atoms with E-state index >= 15 is 0 Å². The standard InChI is InChI=1S/C36H52O4/c1-23(2)8-7-9-24(3)31-16-17-32-30-15-12-27-22-29(18-20-35(27,5)33(30)19-21-36(31,32)6)40-34(38)26-10-13-28(14-11-26)39-25(4)37/h10-14,23-24,29-33H,7-9,15-22H2,1-6H3/t24-,29?,30+,31-,32+,33+,35+,36-/m1/s1. The molecule has 0 amide bonds. The summed E-state index contributed by atoms with van der Waals surface area (Å²) in [6.07, 6.45) is 16.4. The third-order valence-corrected chi connectivity index (χ3v) is 11.9. The van der Waals surface area contributed by atoms with Gasteiger partial charge in [-0.3, -0.25) is 4.79 Å². The molecule has 40 heavy (non-hydrogen) atoms. The van der Waals surface area contributed by atoms with Crippen LogP contribution in [0.4, 0.5) is 0 Å². The van der Waals surface area contributed by atoms with E-state index in [-0.39, 0.29) is 23.5 Å². The third-order valence-electron chi connectivity index (χ3n) is 11.9. The first-order chi connectivity index (χ1) is 19.0. The van der Waals surface area contributed by atoms with Crippen molar-refractivity contribution in [3.8, 4) is 5.75 Å². The SMILES string of the molecule is CC(=O)Oc1ccc(C(=O)OC2CC[C@@]3(C)C(=CC[C@H]4[C@@H]5CC[C@H]([C@H](C)CCCC(C)C)[C@@]5(C)CC[C@@H]43)C2)cc1. The van der Waals surface area contributed by atoms with Crippen LogP contribution in [0.5, 0.6) is 5.75 Å². The second-order valence-electron chi connectivity index (χ2n) is 14.7. The normalized spacial score (nSPS) is 35.7. The second kappa shape index (κ2) is 11.6. The molecule has 4 heteroatoms. The van der Waals surface area contributed by atoms with Gasteiger partial charge in [0, 0.05) is 13.3 Å². The van der Waals surface area contributed by atoms with Crippen molar-refractivity contribution >= 4 is 11.9 Å². The Balaban J connectivity index is 1.22. The van der Waals surface area contributed by atoms with Crippen LogP contribution >= 0.6 is 0 Å². The molecule has 1 aromatic carbocycles. The van der Waals surface area contributed by atoms with E-state index in [1.54, 1.807) is 29.8 Å². The van der Waals surface area contributed by atoms with Crippen LogP contribution in [0.25, 0.3) is 0 Å². The maximum atomic E-state index is 12.9.